The number of nitrogens with one attached hydrogen (secondary N) is 1. The number of aromatic nitrogens is 1. The summed E-state index contributed by atoms with van der Waals surface area (Å²) in [5, 5.41) is 3.91. The predicted octanol–water partition coefficient (Wildman–Crippen LogP) is 3.49. The number of benzene rings is 1. The number of morpholine rings is 1. The summed E-state index contributed by atoms with van der Waals surface area (Å²) in [6.07, 6.45) is 0.416. The van der Waals surface area contributed by atoms with Crippen LogP contribution in [0.4, 0.5) is 10.9 Å². The Kier molecular flexibility index (Phi) is 5.31. The van der Waals surface area contributed by atoms with Crippen molar-refractivity contribution in [2.24, 2.45) is 5.92 Å². The molecule has 0 saturated carbocycles. The second-order valence-electron chi connectivity index (χ2n) is 7.36. The molecule has 27 heavy (non-hydrogen) atoms. The zero-order valence-corrected chi connectivity index (χ0v) is 16.6. The van der Waals surface area contributed by atoms with Crippen molar-refractivity contribution < 1.29 is 14.3 Å². The molecule has 2 aliphatic heterocycles. The van der Waals surface area contributed by atoms with Crippen molar-refractivity contribution in [3.05, 3.63) is 34.7 Å². The summed E-state index contributed by atoms with van der Waals surface area (Å²) in [7, 11) is 0. The average Bonchev–Trinajstić information content (AvgIpc) is 3.10. The first-order valence-corrected chi connectivity index (χ1v) is 10.3. The lowest BCUT2D eigenvalue weighted by molar-refractivity contribution is -0.116. The predicted molar refractivity (Wildman–Crippen MR) is 107 cm³/mol. The van der Waals surface area contributed by atoms with E-state index < -0.39 is 0 Å². The number of rotatable bonds is 5. The molecule has 0 unspecified atom stereocenters. The van der Waals surface area contributed by atoms with Crippen LogP contribution in [0.15, 0.2) is 24.3 Å². The molecule has 7 heteroatoms. The Balaban J connectivity index is 1.67. The molecule has 0 bridgehead atoms. The van der Waals surface area contributed by atoms with Crippen LogP contribution in [0.2, 0.25) is 0 Å². The Morgan fingerprint density at radius 2 is 2.11 bits per heavy atom. The molecule has 2 aliphatic rings. The molecule has 0 spiro atoms. The van der Waals surface area contributed by atoms with E-state index in [1.807, 2.05) is 18.2 Å². The van der Waals surface area contributed by atoms with Crippen LogP contribution in [0.3, 0.4) is 0 Å². The Hall–Kier alpha value is -2.12. The summed E-state index contributed by atoms with van der Waals surface area (Å²) >= 11 is 1.67. The third-order valence-electron chi connectivity index (χ3n) is 4.75. The maximum absolute atomic E-state index is 12.4. The molecular formula is C20H25N3O3S. The minimum atomic E-state index is -0.0237. The van der Waals surface area contributed by atoms with Crippen LogP contribution < -0.4 is 15.0 Å². The second-order valence-corrected chi connectivity index (χ2v) is 8.37. The fraction of sp³-hybridized carbons (Fsp3) is 0.500. The Bertz CT molecular complexity index is 815. The topological polar surface area (TPSA) is 63.7 Å². The van der Waals surface area contributed by atoms with Crippen molar-refractivity contribution >= 4 is 28.2 Å². The molecule has 6 nitrogen and oxygen atoms in total. The average molecular weight is 388 g/mol. The lowest BCUT2D eigenvalue weighted by atomic mass is 9.91. The molecular weight excluding hydrogens is 362 g/mol. The van der Waals surface area contributed by atoms with Gasteiger partial charge in [-0.15, -0.1) is 0 Å². The molecule has 1 aromatic carbocycles. The van der Waals surface area contributed by atoms with Gasteiger partial charge in [-0.3, -0.25) is 4.79 Å². The number of amides is 1. The molecule has 1 amide bonds. The highest BCUT2D eigenvalue weighted by molar-refractivity contribution is 7.16. The number of thiazole rings is 1. The van der Waals surface area contributed by atoms with Crippen molar-refractivity contribution in [1.29, 1.82) is 0 Å². The summed E-state index contributed by atoms with van der Waals surface area (Å²) < 4.78 is 11.5. The van der Waals surface area contributed by atoms with E-state index in [1.165, 1.54) is 0 Å². The summed E-state index contributed by atoms with van der Waals surface area (Å²) in [5.74, 6) is 1.98. The Morgan fingerprint density at radius 3 is 2.89 bits per heavy atom. The van der Waals surface area contributed by atoms with Crippen molar-refractivity contribution in [2.45, 2.75) is 26.2 Å². The molecule has 144 valence electrons. The van der Waals surface area contributed by atoms with E-state index in [4.69, 9.17) is 14.5 Å². The van der Waals surface area contributed by atoms with Gasteiger partial charge in [0.05, 0.1) is 24.7 Å². The number of ether oxygens (including phenoxy) is 2. The zero-order valence-electron chi connectivity index (χ0n) is 15.7. The van der Waals surface area contributed by atoms with Crippen LogP contribution >= 0.6 is 11.3 Å². The van der Waals surface area contributed by atoms with Gasteiger partial charge in [-0.05, 0) is 12.0 Å². The van der Waals surface area contributed by atoms with E-state index in [0.29, 0.717) is 38.0 Å². The first-order valence-electron chi connectivity index (χ1n) is 9.47. The Labute approximate surface area is 163 Å². The van der Waals surface area contributed by atoms with Crippen LogP contribution in [0.5, 0.6) is 5.75 Å². The third-order valence-corrected chi connectivity index (χ3v) is 5.98. The minimum Gasteiger partial charge on any atom is -0.493 e. The lowest BCUT2D eigenvalue weighted by Crippen LogP contribution is -2.36. The number of hydrogen-bond donors (Lipinski definition) is 1. The second kappa shape index (κ2) is 7.86. The van der Waals surface area contributed by atoms with E-state index >= 15 is 0 Å². The van der Waals surface area contributed by atoms with Crippen molar-refractivity contribution in [3.8, 4) is 5.75 Å². The highest BCUT2D eigenvalue weighted by Crippen LogP contribution is 2.45. The van der Waals surface area contributed by atoms with Gasteiger partial charge in [-0.2, -0.15) is 0 Å². The van der Waals surface area contributed by atoms with Gasteiger partial charge in [0.25, 0.3) is 0 Å². The van der Waals surface area contributed by atoms with Gasteiger partial charge in [-0.25, -0.2) is 4.98 Å². The fourth-order valence-corrected chi connectivity index (χ4v) is 4.60. The van der Waals surface area contributed by atoms with Crippen LogP contribution in [0, 0.1) is 5.92 Å². The van der Waals surface area contributed by atoms with Crippen LogP contribution in [-0.2, 0) is 9.53 Å². The minimum absolute atomic E-state index is 0.00462. The molecule has 0 radical (unpaired) electrons. The number of anilines is 2. The van der Waals surface area contributed by atoms with E-state index in [2.05, 4.69) is 30.1 Å². The van der Waals surface area contributed by atoms with Gasteiger partial charge in [0.1, 0.15) is 11.6 Å². The maximum atomic E-state index is 12.4. The van der Waals surface area contributed by atoms with E-state index in [0.717, 1.165) is 34.4 Å². The maximum Gasteiger partial charge on any atom is 0.226 e. The quantitative estimate of drug-likeness (QED) is 0.851. The number of carbonyl (C=O) groups excluding carboxylic acids is 1. The van der Waals surface area contributed by atoms with Gasteiger partial charge < -0.3 is 19.7 Å². The molecule has 1 aromatic heterocycles. The molecule has 1 N–H and O–H groups in total. The van der Waals surface area contributed by atoms with Gasteiger partial charge in [0, 0.05) is 31.0 Å². The van der Waals surface area contributed by atoms with E-state index in [-0.39, 0.29) is 11.8 Å². The van der Waals surface area contributed by atoms with Crippen molar-refractivity contribution in [1.82, 2.24) is 4.98 Å². The van der Waals surface area contributed by atoms with Gasteiger partial charge in [-0.1, -0.05) is 43.4 Å². The number of hydrogen-bond acceptors (Lipinski definition) is 6. The van der Waals surface area contributed by atoms with E-state index in [1.54, 1.807) is 11.3 Å². The molecule has 0 aliphatic carbocycles. The van der Waals surface area contributed by atoms with Crippen LogP contribution in [0.1, 0.15) is 36.6 Å². The molecule has 3 heterocycles. The summed E-state index contributed by atoms with van der Waals surface area (Å²) in [6, 6.07) is 8.05. The number of nitrogens with zero attached hydrogens (tertiary/aromatic N) is 2. The molecule has 4 rings (SSSR count). The SMILES string of the molecule is CC(C)COc1ccccc1[C@@H]1CC(=O)Nc2nc(N3CCOCC3)sc21. The fourth-order valence-electron chi connectivity index (χ4n) is 3.40. The zero-order chi connectivity index (χ0) is 18.8. The number of fused-ring (bicyclic) bond motifs is 1. The standard InChI is InChI=1S/C20H25N3O3S/c1-13(2)12-26-16-6-4-3-5-14(16)15-11-17(24)21-19-18(15)27-20(22-19)23-7-9-25-10-8-23/h3-6,13,15H,7-12H2,1-2H3,(H,21,24)/t15-/m0/s1. The summed E-state index contributed by atoms with van der Waals surface area (Å²) in [4.78, 5) is 20.4. The van der Waals surface area contributed by atoms with E-state index in [9.17, 15) is 4.79 Å². The normalized spacial score (nSPS) is 19.7. The van der Waals surface area contributed by atoms with Gasteiger partial charge >= 0.3 is 0 Å². The third kappa shape index (κ3) is 3.94. The van der Waals surface area contributed by atoms with Crippen molar-refractivity contribution in [2.75, 3.05) is 43.1 Å². The molecule has 2 aromatic rings. The number of carbonyl (C=O) groups is 1. The smallest absolute Gasteiger partial charge is 0.226 e. The van der Waals surface area contributed by atoms with Crippen molar-refractivity contribution in [3.63, 3.8) is 0 Å². The lowest BCUT2D eigenvalue weighted by Gasteiger charge is -2.26. The Morgan fingerprint density at radius 1 is 1.33 bits per heavy atom. The number of para-hydroxylation sites is 1. The summed E-state index contributed by atoms with van der Waals surface area (Å²) in [6.45, 7) is 8.01. The molecule has 1 fully saturated rings. The van der Waals surface area contributed by atoms with Crippen LogP contribution in [0.25, 0.3) is 0 Å². The van der Waals surface area contributed by atoms with Gasteiger partial charge in [0.15, 0.2) is 5.13 Å². The highest BCUT2D eigenvalue weighted by atomic mass is 32.1. The molecule has 1 atom stereocenters. The highest BCUT2D eigenvalue weighted by Gasteiger charge is 2.33. The van der Waals surface area contributed by atoms with Crippen LogP contribution in [-0.4, -0.2) is 43.8 Å². The molecule has 1 saturated heterocycles. The monoisotopic (exact) mass is 387 g/mol. The first-order chi connectivity index (χ1) is 13.1. The summed E-state index contributed by atoms with van der Waals surface area (Å²) in [5.41, 5.74) is 1.06. The first kappa shape index (κ1) is 18.3. The van der Waals surface area contributed by atoms with Gasteiger partial charge in [0.2, 0.25) is 5.91 Å². The largest absolute Gasteiger partial charge is 0.493 e.